The van der Waals surface area contributed by atoms with Gasteiger partial charge in [-0.3, -0.25) is 0 Å². The number of ether oxygens (including phenoxy) is 1. The fourth-order valence-electron chi connectivity index (χ4n) is 3.24. The van der Waals surface area contributed by atoms with Crippen molar-refractivity contribution in [3.8, 4) is 23.1 Å². The molecule has 12 heteroatoms. The maximum absolute atomic E-state index is 15.0. The molecule has 166 valence electrons. The number of fused-ring (bicyclic) bond motifs is 2. The van der Waals surface area contributed by atoms with Gasteiger partial charge in [0.1, 0.15) is 17.6 Å². The van der Waals surface area contributed by atoms with Gasteiger partial charge in [0, 0.05) is 6.54 Å². The van der Waals surface area contributed by atoms with E-state index in [2.05, 4.69) is 31.8 Å². The summed E-state index contributed by atoms with van der Waals surface area (Å²) in [6.07, 6.45) is -1.44. The summed E-state index contributed by atoms with van der Waals surface area (Å²) in [7, 11) is 1.39. The third-order valence-electron chi connectivity index (χ3n) is 4.85. The Hall–Kier alpha value is -3.88. The summed E-state index contributed by atoms with van der Waals surface area (Å²) in [4.78, 5) is 4.30. The molecule has 0 spiro atoms. The summed E-state index contributed by atoms with van der Waals surface area (Å²) in [6.45, 7) is 3.16. The Morgan fingerprint density at radius 1 is 1.31 bits per heavy atom. The van der Waals surface area contributed by atoms with Crippen LogP contribution in [0.3, 0.4) is 0 Å². The van der Waals surface area contributed by atoms with Crippen LogP contribution in [-0.4, -0.2) is 49.7 Å². The highest BCUT2D eigenvalue weighted by atomic mass is 19.3. The number of nitrogens with one attached hydrogen (secondary N) is 1. The number of aromatic nitrogens is 6. The number of anilines is 1. The van der Waals surface area contributed by atoms with E-state index in [9.17, 15) is 14.0 Å². The van der Waals surface area contributed by atoms with E-state index in [4.69, 9.17) is 4.74 Å². The van der Waals surface area contributed by atoms with E-state index in [-0.39, 0.29) is 29.5 Å². The average Bonchev–Trinajstić information content (AvgIpc) is 3.30. The minimum atomic E-state index is -2.61. The van der Waals surface area contributed by atoms with Crippen molar-refractivity contribution in [3.63, 3.8) is 0 Å². The minimum absolute atomic E-state index is 0.107. The van der Waals surface area contributed by atoms with Gasteiger partial charge >= 0.3 is 0 Å². The lowest BCUT2D eigenvalue weighted by Crippen LogP contribution is -2.22. The van der Waals surface area contributed by atoms with Crippen molar-refractivity contribution in [3.05, 3.63) is 30.2 Å². The molecule has 3 heterocycles. The lowest BCUT2D eigenvalue weighted by atomic mass is 9.96. The molecular weight excluding hydrogens is 425 g/mol. The Morgan fingerprint density at radius 2 is 2.09 bits per heavy atom. The SMILES string of the molecule is COc1nc(NCC(C)(C)C#N)nn2cc(F)c(-c3ccc4nnn(CC(F)F)c4c3)c12. The molecule has 0 aliphatic carbocycles. The van der Waals surface area contributed by atoms with Crippen LogP contribution in [0, 0.1) is 22.6 Å². The smallest absolute Gasteiger partial charge is 0.258 e. The van der Waals surface area contributed by atoms with Crippen LogP contribution in [0.15, 0.2) is 24.4 Å². The third-order valence-corrected chi connectivity index (χ3v) is 4.85. The van der Waals surface area contributed by atoms with Gasteiger partial charge in [-0.2, -0.15) is 10.2 Å². The quantitative estimate of drug-likeness (QED) is 0.465. The summed E-state index contributed by atoms with van der Waals surface area (Å²) >= 11 is 0. The molecule has 32 heavy (non-hydrogen) atoms. The van der Waals surface area contributed by atoms with Crippen LogP contribution in [0.25, 0.3) is 27.7 Å². The molecule has 1 N–H and O–H groups in total. The van der Waals surface area contributed by atoms with Crippen molar-refractivity contribution in [2.75, 3.05) is 19.0 Å². The maximum atomic E-state index is 15.0. The lowest BCUT2D eigenvalue weighted by Gasteiger charge is -2.16. The summed E-state index contributed by atoms with van der Waals surface area (Å²) < 4.78 is 48.5. The van der Waals surface area contributed by atoms with E-state index < -0.39 is 24.2 Å². The molecular formula is C20H19F3N8O. The number of nitriles is 1. The van der Waals surface area contributed by atoms with Crippen molar-refractivity contribution in [1.29, 1.82) is 5.26 Å². The highest BCUT2D eigenvalue weighted by molar-refractivity contribution is 5.89. The Labute approximate surface area is 180 Å². The molecule has 0 aliphatic heterocycles. The fourth-order valence-corrected chi connectivity index (χ4v) is 3.24. The van der Waals surface area contributed by atoms with E-state index >= 15 is 4.39 Å². The van der Waals surface area contributed by atoms with Crippen LogP contribution in [0.5, 0.6) is 5.88 Å². The number of hydrogen-bond donors (Lipinski definition) is 1. The highest BCUT2D eigenvalue weighted by Crippen LogP contribution is 2.35. The van der Waals surface area contributed by atoms with E-state index in [1.54, 1.807) is 26.0 Å². The third kappa shape index (κ3) is 3.89. The van der Waals surface area contributed by atoms with Gasteiger partial charge < -0.3 is 10.1 Å². The van der Waals surface area contributed by atoms with Gasteiger partial charge in [0.15, 0.2) is 5.82 Å². The van der Waals surface area contributed by atoms with Crippen LogP contribution in [-0.2, 0) is 6.54 Å². The molecule has 0 bridgehead atoms. The Kier molecular flexibility index (Phi) is 5.33. The van der Waals surface area contributed by atoms with E-state index in [1.807, 2.05) is 0 Å². The summed E-state index contributed by atoms with van der Waals surface area (Å²) in [6, 6.07) is 6.90. The normalized spacial score (nSPS) is 11.9. The molecule has 0 radical (unpaired) electrons. The van der Waals surface area contributed by atoms with Crippen molar-refractivity contribution in [1.82, 2.24) is 29.6 Å². The minimum Gasteiger partial charge on any atom is -0.479 e. The van der Waals surface area contributed by atoms with Gasteiger partial charge in [0.25, 0.3) is 6.43 Å². The molecule has 0 unspecified atom stereocenters. The number of hydrogen-bond acceptors (Lipinski definition) is 7. The lowest BCUT2D eigenvalue weighted by molar-refractivity contribution is 0.122. The first-order valence-corrected chi connectivity index (χ1v) is 9.62. The van der Waals surface area contributed by atoms with Crippen LogP contribution < -0.4 is 10.1 Å². The number of nitrogens with zero attached hydrogens (tertiary/aromatic N) is 7. The summed E-state index contributed by atoms with van der Waals surface area (Å²) in [5.74, 6) is -0.330. The number of benzene rings is 1. The number of halogens is 3. The fraction of sp³-hybridized carbons (Fsp3) is 0.350. The zero-order valence-corrected chi connectivity index (χ0v) is 17.5. The molecule has 0 amide bonds. The van der Waals surface area contributed by atoms with Gasteiger partial charge in [-0.25, -0.2) is 22.4 Å². The van der Waals surface area contributed by atoms with Crippen molar-refractivity contribution in [2.45, 2.75) is 26.8 Å². The highest BCUT2D eigenvalue weighted by Gasteiger charge is 2.22. The Balaban J connectivity index is 1.81. The zero-order valence-electron chi connectivity index (χ0n) is 17.5. The van der Waals surface area contributed by atoms with Crippen LogP contribution >= 0.6 is 0 Å². The van der Waals surface area contributed by atoms with Gasteiger partial charge in [-0.1, -0.05) is 11.3 Å². The Bertz CT molecular complexity index is 1340. The van der Waals surface area contributed by atoms with Crippen LogP contribution in [0.1, 0.15) is 13.8 Å². The largest absolute Gasteiger partial charge is 0.479 e. The van der Waals surface area contributed by atoms with Gasteiger partial charge in [-0.15, -0.1) is 10.2 Å². The summed E-state index contributed by atoms with van der Waals surface area (Å²) in [5.41, 5.74) is 0.915. The monoisotopic (exact) mass is 444 g/mol. The second kappa shape index (κ2) is 7.99. The molecule has 0 aliphatic rings. The first kappa shape index (κ1) is 21.4. The molecule has 9 nitrogen and oxygen atoms in total. The molecule has 0 fully saturated rings. The second-order valence-corrected chi connectivity index (χ2v) is 7.81. The average molecular weight is 444 g/mol. The molecule has 0 atom stereocenters. The van der Waals surface area contributed by atoms with Crippen molar-refractivity contribution >= 4 is 22.5 Å². The van der Waals surface area contributed by atoms with Crippen molar-refractivity contribution in [2.24, 2.45) is 5.41 Å². The number of alkyl halides is 2. The standard InChI is InChI=1S/C20H19F3N8O/c1-20(2,9-24)10-25-19-26-18(32-3)17-16(12(21)7-31(17)28-19)11-4-5-13-14(6-11)30(29-27-13)8-15(22)23/h4-7,15H,8,10H2,1-3H3,(H,25,28). The molecule has 4 rings (SSSR count). The van der Waals surface area contributed by atoms with Gasteiger partial charge in [-0.05, 0) is 31.5 Å². The second-order valence-electron chi connectivity index (χ2n) is 7.81. The van der Waals surface area contributed by atoms with E-state index in [0.717, 1.165) is 4.68 Å². The van der Waals surface area contributed by atoms with Crippen molar-refractivity contribution < 1.29 is 17.9 Å². The van der Waals surface area contributed by atoms with Gasteiger partial charge in [0.2, 0.25) is 11.8 Å². The maximum Gasteiger partial charge on any atom is 0.258 e. The van der Waals surface area contributed by atoms with E-state index in [0.29, 0.717) is 16.6 Å². The predicted octanol–water partition coefficient (Wildman–Crippen LogP) is 3.52. The molecule has 0 saturated carbocycles. The zero-order chi connectivity index (χ0) is 23.0. The molecule has 0 saturated heterocycles. The molecule has 1 aromatic carbocycles. The van der Waals surface area contributed by atoms with Crippen LogP contribution in [0.2, 0.25) is 0 Å². The Morgan fingerprint density at radius 3 is 2.78 bits per heavy atom. The predicted molar refractivity (Wildman–Crippen MR) is 110 cm³/mol. The molecule has 3 aromatic heterocycles. The molecule has 4 aromatic rings. The first-order chi connectivity index (χ1) is 15.2. The number of methoxy groups -OCH3 is 1. The van der Waals surface area contributed by atoms with E-state index in [1.165, 1.54) is 23.9 Å². The van der Waals surface area contributed by atoms with Gasteiger partial charge in [0.05, 0.1) is 35.9 Å². The summed E-state index contributed by atoms with van der Waals surface area (Å²) in [5, 5.41) is 24.0. The first-order valence-electron chi connectivity index (χ1n) is 9.62. The topological polar surface area (TPSA) is 106 Å². The van der Waals surface area contributed by atoms with Crippen LogP contribution in [0.4, 0.5) is 19.1 Å². The number of rotatable bonds is 7.